The van der Waals surface area contributed by atoms with Gasteiger partial charge in [0.25, 0.3) is 0 Å². The van der Waals surface area contributed by atoms with Crippen LogP contribution >= 0.6 is 0 Å². The monoisotopic (exact) mass is 1060 g/mol. The third-order valence-corrected chi connectivity index (χ3v) is 18.9. The zero-order valence-corrected chi connectivity index (χ0v) is 47.8. The molecular formula is C62H105F2NO10. The average Bonchev–Trinajstić information content (AvgIpc) is 3.87. The van der Waals surface area contributed by atoms with Crippen molar-refractivity contribution < 1.29 is 57.1 Å². The molecule has 10 unspecified atom stereocenters. The highest BCUT2D eigenvalue weighted by Gasteiger charge is 2.80. The molecule has 0 spiro atoms. The van der Waals surface area contributed by atoms with Crippen molar-refractivity contribution in [1.29, 1.82) is 0 Å². The van der Waals surface area contributed by atoms with Crippen molar-refractivity contribution >= 4 is 23.5 Å². The number of aliphatic hydroxyl groups excluding tert-OH is 2. The second-order valence-electron chi connectivity index (χ2n) is 24.4. The molecule has 1 aliphatic heterocycles. The molecule has 10 atom stereocenters. The van der Waals surface area contributed by atoms with Crippen molar-refractivity contribution in [2.24, 2.45) is 28.6 Å². The zero-order valence-electron chi connectivity index (χ0n) is 47.8. The number of unbranched alkanes of at least 4 members (excludes halogenated alkanes) is 18. The number of halogens is 2. The van der Waals surface area contributed by atoms with Gasteiger partial charge in [0, 0.05) is 42.6 Å². The summed E-state index contributed by atoms with van der Waals surface area (Å²) in [6.45, 7) is 12.9. The number of Topliss-reactive ketones (excluding diaryl/α,β-unsaturated/α-hetero) is 1. The maximum atomic E-state index is 17.9. The van der Waals surface area contributed by atoms with Crippen molar-refractivity contribution in [1.82, 2.24) is 4.90 Å². The summed E-state index contributed by atoms with van der Waals surface area (Å²) < 4.78 is 58.6. The Balaban J connectivity index is 1.01. The van der Waals surface area contributed by atoms with Gasteiger partial charge in [0.05, 0.1) is 18.8 Å². The molecule has 4 aliphatic carbocycles. The number of ketones is 2. The maximum absolute atomic E-state index is 17.9. The highest BCUT2D eigenvalue weighted by atomic mass is 19.1. The lowest BCUT2D eigenvalue weighted by atomic mass is 9.43. The Morgan fingerprint density at radius 3 is 1.88 bits per heavy atom. The van der Waals surface area contributed by atoms with Gasteiger partial charge in [-0.05, 0) is 127 Å². The highest BCUT2D eigenvalue weighted by molar-refractivity contribution is 5.93. The van der Waals surface area contributed by atoms with Crippen molar-refractivity contribution in [3.05, 3.63) is 11.6 Å². The van der Waals surface area contributed by atoms with E-state index in [9.17, 15) is 29.4 Å². The SMILES string of the molecule is CCCCCCCCCC(CCCCCCCCC)COC(=O)CCCCCN(CCCCO)CCCCCCC(=O)OCC(=O)C12OC(CCC)OC1CC1C3CC(F)C4=CC(=O)CCC4(C)C3(F)C(O)CC12C. The first-order chi connectivity index (χ1) is 36.1. The molecule has 3 saturated carbocycles. The number of hydrogen-bond donors (Lipinski definition) is 2. The van der Waals surface area contributed by atoms with Gasteiger partial charge in [0.1, 0.15) is 11.8 Å². The van der Waals surface area contributed by atoms with Crippen LogP contribution in [0, 0.1) is 28.6 Å². The van der Waals surface area contributed by atoms with E-state index >= 15 is 8.78 Å². The largest absolute Gasteiger partial charge is 0.465 e. The number of carbonyl (C=O) groups excluding carboxylic acids is 4. The van der Waals surface area contributed by atoms with E-state index in [4.69, 9.17) is 18.9 Å². The molecule has 0 radical (unpaired) electrons. The van der Waals surface area contributed by atoms with Gasteiger partial charge < -0.3 is 34.1 Å². The number of carbonyl (C=O) groups is 4. The molecule has 0 aromatic heterocycles. The zero-order chi connectivity index (χ0) is 54.3. The molecule has 0 bridgehead atoms. The summed E-state index contributed by atoms with van der Waals surface area (Å²) in [5.41, 5.74) is -6.20. The van der Waals surface area contributed by atoms with Crippen LogP contribution in [0.4, 0.5) is 8.78 Å². The fraction of sp³-hybridized carbons (Fsp3) is 0.903. The minimum absolute atomic E-state index is 0.0678. The number of ether oxygens (including phenoxy) is 4. The van der Waals surface area contributed by atoms with E-state index in [1.165, 1.54) is 96.0 Å². The maximum Gasteiger partial charge on any atom is 0.306 e. The number of aliphatic hydroxyl groups is 2. The predicted molar refractivity (Wildman–Crippen MR) is 291 cm³/mol. The molecule has 5 rings (SSSR count). The molecular weight excluding hydrogens is 957 g/mol. The number of alkyl halides is 2. The summed E-state index contributed by atoms with van der Waals surface area (Å²) >= 11 is 0. The second-order valence-corrected chi connectivity index (χ2v) is 24.4. The molecule has 1 heterocycles. The summed E-state index contributed by atoms with van der Waals surface area (Å²) in [4.78, 5) is 55.4. The Labute approximate surface area is 452 Å². The van der Waals surface area contributed by atoms with Crippen LogP contribution < -0.4 is 0 Å². The summed E-state index contributed by atoms with van der Waals surface area (Å²) in [6.07, 6.45) is 26.9. The van der Waals surface area contributed by atoms with Crippen LogP contribution in [0.1, 0.15) is 253 Å². The summed E-state index contributed by atoms with van der Waals surface area (Å²) in [5, 5.41) is 21.4. The first kappa shape index (κ1) is 63.5. The van der Waals surface area contributed by atoms with Crippen molar-refractivity contribution in [2.45, 2.75) is 289 Å². The van der Waals surface area contributed by atoms with Crippen LogP contribution in [-0.4, -0.2) is 114 Å². The molecule has 4 fully saturated rings. The van der Waals surface area contributed by atoms with E-state index in [2.05, 4.69) is 18.7 Å². The van der Waals surface area contributed by atoms with Gasteiger partial charge in [0.2, 0.25) is 5.78 Å². The van der Waals surface area contributed by atoms with Gasteiger partial charge in [-0.25, -0.2) is 8.78 Å². The molecule has 0 aromatic carbocycles. The van der Waals surface area contributed by atoms with Gasteiger partial charge in [-0.15, -0.1) is 0 Å². The highest BCUT2D eigenvalue weighted by Crippen LogP contribution is 2.72. The minimum atomic E-state index is -2.22. The predicted octanol–water partition coefficient (Wildman–Crippen LogP) is 13.6. The average molecular weight is 1060 g/mol. The Hall–Kier alpha value is -2.32. The van der Waals surface area contributed by atoms with Crippen molar-refractivity contribution in [3.8, 4) is 0 Å². The van der Waals surface area contributed by atoms with Crippen LogP contribution in [0.5, 0.6) is 0 Å². The van der Waals surface area contributed by atoms with E-state index < -0.39 is 77.0 Å². The molecule has 0 amide bonds. The van der Waals surface area contributed by atoms with E-state index in [1.807, 2.05) is 13.8 Å². The summed E-state index contributed by atoms with van der Waals surface area (Å²) in [6, 6.07) is 0. The smallest absolute Gasteiger partial charge is 0.306 e. The van der Waals surface area contributed by atoms with E-state index in [0.717, 1.165) is 90.3 Å². The molecule has 11 nitrogen and oxygen atoms in total. The minimum Gasteiger partial charge on any atom is -0.465 e. The number of hydrogen-bond acceptors (Lipinski definition) is 11. The molecule has 13 heteroatoms. The number of allylic oxidation sites excluding steroid dienone is 1. The van der Waals surface area contributed by atoms with Crippen LogP contribution in [0.2, 0.25) is 0 Å². The first-order valence-corrected chi connectivity index (χ1v) is 30.9. The molecule has 1 saturated heterocycles. The van der Waals surface area contributed by atoms with Crippen LogP contribution in [0.25, 0.3) is 0 Å². The lowest BCUT2D eigenvalue weighted by Gasteiger charge is -2.64. The third-order valence-electron chi connectivity index (χ3n) is 18.9. The number of esters is 2. The van der Waals surface area contributed by atoms with Crippen LogP contribution in [-0.2, 0) is 38.1 Å². The summed E-state index contributed by atoms with van der Waals surface area (Å²) in [7, 11) is 0. The molecule has 75 heavy (non-hydrogen) atoms. The Kier molecular flexibility index (Phi) is 27.2. The fourth-order valence-corrected chi connectivity index (χ4v) is 14.5. The first-order valence-electron chi connectivity index (χ1n) is 30.9. The number of rotatable bonds is 40. The van der Waals surface area contributed by atoms with Gasteiger partial charge in [-0.3, -0.25) is 19.2 Å². The molecule has 0 aromatic rings. The lowest BCUT2D eigenvalue weighted by Crippen LogP contribution is -2.71. The van der Waals surface area contributed by atoms with Gasteiger partial charge in [-0.1, -0.05) is 150 Å². The quantitative estimate of drug-likeness (QED) is 0.0446. The summed E-state index contributed by atoms with van der Waals surface area (Å²) in [5.74, 6) is -2.30. The van der Waals surface area contributed by atoms with Crippen molar-refractivity contribution in [2.75, 3.05) is 39.5 Å². The van der Waals surface area contributed by atoms with Gasteiger partial charge >= 0.3 is 11.9 Å². The topological polar surface area (TPSA) is 149 Å². The third kappa shape index (κ3) is 16.6. The fourth-order valence-electron chi connectivity index (χ4n) is 14.5. The van der Waals surface area contributed by atoms with Gasteiger partial charge in [-0.2, -0.15) is 0 Å². The van der Waals surface area contributed by atoms with Crippen molar-refractivity contribution in [3.63, 3.8) is 0 Å². The van der Waals surface area contributed by atoms with E-state index in [-0.39, 0.29) is 62.5 Å². The Morgan fingerprint density at radius 2 is 1.28 bits per heavy atom. The second kappa shape index (κ2) is 32.1. The lowest BCUT2D eigenvalue weighted by molar-refractivity contribution is -0.242. The normalized spacial score (nSPS) is 30.0. The Bertz CT molecular complexity index is 1750. The van der Waals surface area contributed by atoms with Crippen LogP contribution in [0.3, 0.4) is 0 Å². The molecule has 432 valence electrons. The van der Waals surface area contributed by atoms with Crippen LogP contribution in [0.15, 0.2) is 11.6 Å². The molecule has 5 aliphatic rings. The standard InChI is InChI=1S/C62H105F2NO10/c1-6-9-11-13-15-17-22-31-47(32-23-18-16-14-12-10-7-2)45-72-56(70)34-25-21-27-38-65(39-28-29-40-66)37-26-20-19-24-33-57(71)73-46-54(69)62-55(74-58(75-62)30-8-3)43-49-50-42-52(63)51-41-48(67)35-36-59(51,4)61(50,64)53(68)44-60(49,62)5/h41,47,49-50,52-53,55,58,66,68H,6-40,42-46H2,1-5H3. The number of nitrogens with zero attached hydrogens (tertiary/aromatic N) is 1. The van der Waals surface area contributed by atoms with E-state index in [0.29, 0.717) is 31.8 Å². The molecule has 2 N–H and O–H groups in total. The van der Waals surface area contributed by atoms with E-state index in [1.54, 1.807) is 6.92 Å². The van der Waals surface area contributed by atoms with Gasteiger partial charge in [0.15, 0.2) is 24.3 Å². The number of fused-ring (bicyclic) bond motifs is 7. The Morgan fingerprint density at radius 1 is 0.733 bits per heavy atom.